The molecule has 0 amide bonds. The van der Waals surface area contributed by atoms with E-state index in [0.29, 0.717) is 46.0 Å². The molecule has 1 saturated heterocycles. The van der Waals surface area contributed by atoms with E-state index in [1.165, 1.54) is 22.7 Å². The summed E-state index contributed by atoms with van der Waals surface area (Å²) < 4.78 is 19.9. The number of thiazole rings is 1. The minimum absolute atomic E-state index is 0.213. The number of carbonyl (C=O) groups is 1. The summed E-state index contributed by atoms with van der Waals surface area (Å²) in [5.41, 5.74) is 0.905. The molecule has 3 aromatic heterocycles. The van der Waals surface area contributed by atoms with Crippen molar-refractivity contribution in [3.8, 4) is 0 Å². The Bertz CT molecular complexity index is 1460. The zero-order chi connectivity index (χ0) is 25.2. The fourth-order valence-electron chi connectivity index (χ4n) is 4.40. The van der Waals surface area contributed by atoms with E-state index in [1.54, 1.807) is 17.6 Å². The van der Waals surface area contributed by atoms with Gasteiger partial charge in [-0.3, -0.25) is 9.36 Å². The van der Waals surface area contributed by atoms with Gasteiger partial charge >= 0.3 is 5.97 Å². The summed E-state index contributed by atoms with van der Waals surface area (Å²) in [5.74, 6) is 0.866. The van der Waals surface area contributed by atoms with Gasteiger partial charge in [-0.2, -0.15) is 0 Å². The molecule has 0 bridgehead atoms. The number of furan rings is 1. The average molecular weight is 593 g/mol. The van der Waals surface area contributed by atoms with Gasteiger partial charge in [0.1, 0.15) is 11.8 Å². The first-order chi connectivity index (χ1) is 17.5. The number of hydrogen-bond donors (Lipinski definition) is 0. The number of thiophene rings is 1. The molecule has 0 N–H and O–H groups in total. The number of rotatable bonds is 7. The number of aromatic nitrogens is 1. The van der Waals surface area contributed by atoms with Crippen LogP contribution in [0.25, 0.3) is 6.08 Å². The van der Waals surface area contributed by atoms with Gasteiger partial charge in [0.15, 0.2) is 4.80 Å². The molecule has 1 fully saturated rings. The van der Waals surface area contributed by atoms with Crippen LogP contribution in [0, 0.1) is 0 Å². The topological polar surface area (TPSA) is 86.3 Å². The van der Waals surface area contributed by atoms with Gasteiger partial charge in [-0.25, -0.2) is 9.79 Å². The minimum atomic E-state index is -0.573. The summed E-state index contributed by atoms with van der Waals surface area (Å²) in [6.45, 7) is 6.85. The molecule has 2 aliphatic rings. The van der Waals surface area contributed by atoms with E-state index in [4.69, 9.17) is 18.9 Å². The Labute approximate surface area is 224 Å². The number of esters is 1. The normalized spacial score (nSPS) is 18.4. The van der Waals surface area contributed by atoms with Gasteiger partial charge in [0.2, 0.25) is 5.88 Å². The van der Waals surface area contributed by atoms with Gasteiger partial charge in [0.25, 0.3) is 5.56 Å². The lowest BCUT2D eigenvalue weighted by molar-refractivity contribution is -0.139. The van der Waals surface area contributed by atoms with E-state index in [2.05, 4.69) is 20.8 Å². The summed E-state index contributed by atoms with van der Waals surface area (Å²) in [7, 11) is 0. The van der Waals surface area contributed by atoms with Gasteiger partial charge in [0, 0.05) is 30.1 Å². The summed E-state index contributed by atoms with van der Waals surface area (Å²) in [5, 5.41) is 1.95. The molecule has 8 nitrogen and oxygen atoms in total. The highest BCUT2D eigenvalue weighted by molar-refractivity contribution is 9.10. The number of nitrogens with zero attached hydrogens (tertiary/aromatic N) is 3. The highest BCUT2D eigenvalue weighted by Gasteiger charge is 2.35. The van der Waals surface area contributed by atoms with Gasteiger partial charge in [0.05, 0.1) is 40.1 Å². The molecule has 0 aliphatic carbocycles. The third kappa shape index (κ3) is 4.77. The predicted octanol–water partition coefficient (Wildman–Crippen LogP) is 3.83. The smallest absolute Gasteiger partial charge is 0.338 e. The van der Waals surface area contributed by atoms with E-state index in [9.17, 15) is 9.59 Å². The molecule has 0 radical (unpaired) electrons. The molecular weight excluding hydrogens is 566 g/mol. The predicted molar refractivity (Wildman–Crippen MR) is 143 cm³/mol. The van der Waals surface area contributed by atoms with Crippen molar-refractivity contribution in [2.24, 2.45) is 4.99 Å². The van der Waals surface area contributed by atoms with Crippen molar-refractivity contribution in [3.63, 3.8) is 0 Å². The fourth-order valence-corrected chi connectivity index (χ4v) is 6.78. The van der Waals surface area contributed by atoms with Crippen molar-refractivity contribution < 1.29 is 18.7 Å². The first-order valence-corrected chi connectivity index (χ1v) is 14.4. The van der Waals surface area contributed by atoms with E-state index < -0.39 is 12.0 Å². The quantitative estimate of drug-likeness (QED) is 0.388. The number of anilines is 1. The zero-order valence-electron chi connectivity index (χ0n) is 20.0. The molecule has 190 valence electrons. The first-order valence-electron chi connectivity index (χ1n) is 11.9. The lowest BCUT2D eigenvalue weighted by Crippen LogP contribution is -2.39. The summed E-state index contributed by atoms with van der Waals surface area (Å²) in [6.07, 6.45) is 3.19. The molecule has 0 unspecified atom stereocenters. The lowest BCUT2D eigenvalue weighted by atomic mass is 9.99. The van der Waals surface area contributed by atoms with Crippen LogP contribution in [0.2, 0.25) is 0 Å². The Morgan fingerprint density at radius 2 is 2.14 bits per heavy atom. The second-order valence-electron chi connectivity index (χ2n) is 8.33. The number of morpholine rings is 1. The second kappa shape index (κ2) is 10.9. The zero-order valence-corrected chi connectivity index (χ0v) is 23.2. The number of fused-ring (bicyclic) bond motifs is 1. The number of allylic oxidation sites excluding steroid dienone is 1. The van der Waals surface area contributed by atoms with Gasteiger partial charge in [-0.15, -0.1) is 11.3 Å². The van der Waals surface area contributed by atoms with E-state index in [0.717, 1.165) is 34.7 Å². The molecular formula is C25H26BrN3O5S2. The SMILES string of the molecule is CCCC1=C(C(=O)OCC)[C@H](c2cccs2)n2c(s/c(=C/c3cc(Br)c(N4CCOCC4)o3)c2=O)=N1. The van der Waals surface area contributed by atoms with Crippen LogP contribution in [0.1, 0.15) is 43.4 Å². The molecule has 0 spiro atoms. The Morgan fingerprint density at radius 3 is 2.83 bits per heavy atom. The van der Waals surface area contributed by atoms with Crippen molar-refractivity contribution in [2.45, 2.75) is 32.7 Å². The van der Waals surface area contributed by atoms with Crippen LogP contribution in [0.5, 0.6) is 0 Å². The van der Waals surface area contributed by atoms with Crippen LogP contribution in [0.4, 0.5) is 5.88 Å². The van der Waals surface area contributed by atoms with Crippen LogP contribution in [-0.4, -0.2) is 43.4 Å². The van der Waals surface area contributed by atoms with Crippen LogP contribution in [-0.2, 0) is 14.3 Å². The molecule has 0 saturated carbocycles. The maximum atomic E-state index is 13.7. The minimum Gasteiger partial charge on any atom is -0.463 e. The summed E-state index contributed by atoms with van der Waals surface area (Å²) in [4.78, 5) is 35.2. The monoisotopic (exact) mass is 591 g/mol. The molecule has 11 heteroatoms. The number of hydrogen-bond acceptors (Lipinski definition) is 9. The van der Waals surface area contributed by atoms with Crippen LogP contribution in [0.15, 0.2) is 53.5 Å². The van der Waals surface area contributed by atoms with Gasteiger partial charge in [-0.05, 0) is 40.7 Å². The molecule has 3 aromatic rings. The van der Waals surface area contributed by atoms with Crippen LogP contribution >= 0.6 is 38.6 Å². The number of ether oxygens (including phenoxy) is 2. The Morgan fingerprint density at radius 1 is 1.33 bits per heavy atom. The van der Waals surface area contributed by atoms with Crippen LogP contribution < -0.4 is 19.8 Å². The molecule has 1 atom stereocenters. The Hall–Kier alpha value is -2.47. The first kappa shape index (κ1) is 25.2. The van der Waals surface area contributed by atoms with Gasteiger partial charge < -0.3 is 18.8 Å². The standard InChI is InChI=1S/C25H26BrN3O5S2/c1-3-6-17-20(24(31)33-4-2)21(18-7-5-12-35-18)29-22(30)19(36-25(29)27-17)14-15-13-16(26)23(34-15)28-8-10-32-11-9-28/h5,7,12-14,21H,3-4,6,8-11H2,1-2H3/b19-14+/t21-/m0/s1. The van der Waals surface area contributed by atoms with Crippen molar-refractivity contribution in [1.82, 2.24) is 4.57 Å². The number of carbonyl (C=O) groups excluding carboxylic acids is 1. The lowest BCUT2D eigenvalue weighted by Gasteiger charge is -2.26. The van der Waals surface area contributed by atoms with Crippen molar-refractivity contribution in [1.29, 1.82) is 0 Å². The van der Waals surface area contributed by atoms with E-state index >= 15 is 0 Å². The van der Waals surface area contributed by atoms with Crippen molar-refractivity contribution in [2.75, 3.05) is 37.8 Å². The Balaban J connectivity index is 1.63. The van der Waals surface area contributed by atoms with Crippen molar-refractivity contribution in [3.05, 3.63) is 69.6 Å². The third-order valence-corrected chi connectivity index (χ3v) is 8.44. The molecule has 36 heavy (non-hydrogen) atoms. The van der Waals surface area contributed by atoms with Crippen LogP contribution in [0.3, 0.4) is 0 Å². The molecule has 5 heterocycles. The van der Waals surface area contributed by atoms with Crippen molar-refractivity contribution >= 4 is 56.5 Å². The maximum absolute atomic E-state index is 13.7. The average Bonchev–Trinajstić information content (AvgIpc) is 3.60. The highest BCUT2D eigenvalue weighted by atomic mass is 79.9. The molecule has 0 aromatic carbocycles. The van der Waals surface area contributed by atoms with Gasteiger partial charge in [-0.1, -0.05) is 30.7 Å². The maximum Gasteiger partial charge on any atom is 0.338 e. The number of halogens is 1. The largest absolute Gasteiger partial charge is 0.463 e. The highest BCUT2D eigenvalue weighted by Crippen LogP contribution is 2.35. The van der Waals surface area contributed by atoms with E-state index in [1.807, 2.05) is 30.5 Å². The summed E-state index contributed by atoms with van der Waals surface area (Å²) >= 11 is 6.40. The second-order valence-corrected chi connectivity index (χ2v) is 11.2. The fraction of sp³-hybridized carbons (Fsp3) is 0.400. The molecule has 2 aliphatic heterocycles. The summed E-state index contributed by atoms with van der Waals surface area (Å²) in [6, 6.07) is 5.16. The molecule has 5 rings (SSSR count). The Kier molecular flexibility index (Phi) is 7.61. The third-order valence-electron chi connectivity index (χ3n) is 5.96. The van der Waals surface area contributed by atoms with E-state index in [-0.39, 0.29) is 12.2 Å².